The fourth-order valence-corrected chi connectivity index (χ4v) is 3.56. The van der Waals surface area contributed by atoms with Crippen molar-refractivity contribution in [3.05, 3.63) is 0 Å². The number of carboxylic acid groups (broad SMARTS) is 1. The molecule has 114 valence electrons. The molecule has 1 amide bonds. The quantitative estimate of drug-likeness (QED) is 0.753. The average molecular weight is 281 g/mol. The molecule has 0 aromatic heterocycles. The Balaban J connectivity index is 1.86. The summed E-state index contributed by atoms with van der Waals surface area (Å²) in [4.78, 5) is 23.3. The highest BCUT2D eigenvalue weighted by Gasteiger charge is 2.41. The number of amides is 1. The van der Waals surface area contributed by atoms with E-state index in [0.717, 1.165) is 38.6 Å². The van der Waals surface area contributed by atoms with Crippen molar-refractivity contribution in [3.63, 3.8) is 0 Å². The lowest BCUT2D eigenvalue weighted by atomic mass is 9.69. The second-order valence-corrected chi connectivity index (χ2v) is 6.94. The van der Waals surface area contributed by atoms with Gasteiger partial charge in [0.1, 0.15) is 0 Å². The van der Waals surface area contributed by atoms with E-state index in [-0.39, 0.29) is 17.7 Å². The van der Waals surface area contributed by atoms with Crippen molar-refractivity contribution in [1.82, 2.24) is 5.32 Å². The first kappa shape index (κ1) is 15.3. The van der Waals surface area contributed by atoms with E-state index in [0.29, 0.717) is 11.8 Å². The zero-order chi connectivity index (χ0) is 14.6. The molecule has 0 spiro atoms. The van der Waals surface area contributed by atoms with Crippen LogP contribution in [0.3, 0.4) is 0 Å². The number of hydrogen-bond donors (Lipinski definition) is 2. The number of carbonyl (C=O) groups excluding carboxylic acids is 1. The zero-order valence-electron chi connectivity index (χ0n) is 12.5. The standard InChI is InChI=1S/C16H27NO3/c1-2-15(8-9-15)12-17-13(18)10-16(11-14(19)20)6-4-3-5-7-16/h2-12H2,1H3,(H,17,18)(H,19,20). The minimum atomic E-state index is -0.771. The molecule has 2 fully saturated rings. The van der Waals surface area contributed by atoms with Gasteiger partial charge >= 0.3 is 5.97 Å². The van der Waals surface area contributed by atoms with Crippen LogP contribution in [0.5, 0.6) is 0 Å². The normalized spacial score (nSPS) is 23.1. The largest absolute Gasteiger partial charge is 0.481 e. The summed E-state index contributed by atoms with van der Waals surface area (Å²) in [6.45, 7) is 2.94. The first-order chi connectivity index (χ1) is 9.49. The average Bonchev–Trinajstić information content (AvgIpc) is 3.17. The predicted octanol–water partition coefficient (Wildman–Crippen LogP) is 3.11. The van der Waals surface area contributed by atoms with E-state index in [2.05, 4.69) is 12.2 Å². The van der Waals surface area contributed by atoms with Gasteiger partial charge in [-0.3, -0.25) is 9.59 Å². The Kier molecular flexibility index (Phi) is 4.71. The zero-order valence-corrected chi connectivity index (χ0v) is 12.5. The van der Waals surface area contributed by atoms with Crippen molar-refractivity contribution in [2.24, 2.45) is 10.8 Å². The smallest absolute Gasteiger partial charge is 0.303 e. The topological polar surface area (TPSA) is 66.4 Å². The number of carboxylic acids is 1. The van der Waals surface area contributed by atoms with Gasteiger partial charge in [-0.05, 0) is 42.9 Å². The first-order valence-electron chi connectivity index (χ1n) is 7.98. The second kappa shape index (κ2) is 6.15. The van der Waals surface area contributed by atoms with E-state index in [1.165, 1.54) is 19.3 Å². The van der Waals surface area contributed by atoms with E-state index in [1.807, 2.05) is 0 Å². The van der Waals surface area contributed by atoms with Crippen LogP contribution in [-0.2, 0) is 9.59 Å². The molecule has 0 bridgehead atoms. The number of rotatable bonds is 7. The maximum atomic E-state index is 12.2. The molecule has 0 aromatic carbocycles. The van der Waals surface area contributed by atoms with Crippen LogP contribution in [0, 0.1) is 10.8 Å². The summed E-state index contributed by atoms with van der Waals surface area (Å²) in [5.41, 5.74) is 0.0548. The number of hydrogen-bond acceptors (Lipinski definition) is 2. The molecular formula is C16H27NO3. The summed E-state index contributed by atoms with van der Waals surface area (Å²) in [6.07, 6.45) is 9.11. The molecule has 0 unspecified atom stereocenters. The van der Waals surface area contributed by atoms with Crippen LogP contribution >= 0.6 is 0 Å². The molecule has 2 N–H and O–H groups in total. The molecule has 4 heteroatoms. The predicted molar refractivity (Wildman–Crippen MR) is 77.4 cm³/mol. The van der Waals surface area contributed by atoms with Crippen LogP contribution in [0.25, 0.3) is 0 Å². The molecule has 2 rings (SSSR count). The van der Waals surface area contributed by atoms with Crippen molar-refractivity contribution in [2.75, 3.05) is 6.54 Å². The Labute approximate surface area is 121 Å². The van der Waals surface area contributed by atoms with Crippen LogP contribution in [0.2, 0.25) is 0 Å². The van der Waals surface area contributed by atoms with E-state index in [1.54, 1.807) is 0 Å². The maximum absolute atomic E-state index is 12.2. The highest BCUT2D eigenvalue weighted by molar-refractivity contribution is 5.78. The molecule has 0 atom stereocenters. The summed E-state index contributed by atoms with van der Waals surface area (Å²) in [5, 5.41) is 12.2. The lowest BCUT2D eigenvalue weighted by Crippen LogP contribution is -2.37. The fourth-order valence-electron chi connectivity index (χ4n) is 3.56. The molecule has 0 saturated heterocycles. The van der Waals surface area contributed by atoms with Gasteiger partial charge in [0.25, 0.3) is 0 Å². The Morgan fingerprint density at radius 2 is 1.65 bits per heavy atom. The van der Waals surface area contributed by atoms with Gasteiger partial charge in [0.05, 0.1) is 6.42 Å². The lowest BCUT2D eigenvalue weighted by Gasteiger charge is -2.35. The van der Waals surface area contributed by atoms with Gasteiger partial charge in [-0.2, -0.15) is 0 Å². The Bertz CT molecular complexity index is 368. The molecule has 2 saturated carbocycles. The Morgan fingerprint density at radius 1 is 1.00 bits per heavy atom. The number of aliphatic carboxylic acids is 1. The van der Waals surface area contributed by atoms with E-state index < -0.39 is 5.97 Å². The molecule has 2 aliphatic carbocycles. The molecule has 0 radical (unpaired) electrons. The van der Waals surface area contributed by atoms with Gasteiger partial charge < -0.3 is 10.4 Å². The summed E-state index contributed by atoms with van der Waals surface area (Å²) in [6, 6.07) is 0. The van der Waals surface area contributed by atoms with Crippen molar-refractivity contribution in [2.45, 2.75) is 71.1 Å². The SMILES string of the molecule is CCC1(CNC(=O)CC2(CC(=O)O)CCCCC2)CC1. The minimum Gasteiger partial charge on any atom is -0.481 e. The summed E-state index contributed by atoms with van der Waals surface area (Å²) in [7, 11) is 0. The molecule has 0 aliphatic heterocycles. The summed E-state index contributed by atoms with van der Waals surface area (Å²) >= 11 is 0. The summed E-state index contributed by atoms with van der Waals surface area (Å²) in [5.74, 6) is -0.722. The maximum Gasteiger partial charge on any atom is 0.303 e. The molecule has 4 nitrogen and oxygen atoms in total. The third kappa shape index (κ3) is 3.97. The molecule has 20 heavy (non-hydrogen) atoms. The summed E-state index contributed by atoms with van der Waals surface area (Å²) < 4.78 is 0. The van der Waals surface area contributed by atoms with E-state index in [9.17, 15) is 9.59 Å². The van der Waals surface area contributed by atoms with Crippen molar-refractivity contribution in [3.8, 4) is 0 Å². The van der Waals surface area contributed by atoms with E-state index >= 15 is 0 Å². The lowest BCUT2D eigenvalue weighted by molar-refractivity contribution is -0.141. The van der Waals surface area contributed by atoms with Crippen molar-refractivity contribution < 1.29 is 14.7 Å². The molecule has 0 aromatic rings. The van der Waals surface area contributed by atoms with Gasteiger partial charge in [-0.25, -0.2) is 0 Å². The minimum absolute atomic E-state index is 0.0490. The van der Waals surface area contributed by atoms with Gasteiger partial charge in [0, 0.05) is 13.0 Å². The van der Waals surface area contributed by atoms with E-state index in [4.69, 9.17) is 5.11 Å². The van der Waals surface area contributed by atoms with Gasteiger partial charge in [0.2, 0.25) is 5.91 Å². The van der Waals surface area contributed by atoms with Crippen LogP contribution in [-0.4, -0.2) is 23.5 Å². The van der Waals surface area contributed by atoms with Crippen LogP contribution in [0.1, 0.15) is 71.1 Å². The third-order valence-electron chi connectivity index (χ3n) is 5.34. The van der Waals surface area contributed by atoms with Gasteiger partial charge in [-0.1, -0.05) is 26.2 Å². The molecule has 2 aliphatic rings. The fraction of sp³-hybridized carbons (Fsp3) is 0.875. The third-order valence-corrected chi connectivity index (χ3v) is 5.34. The Hall–Kier alpha value is -1.06. The monoisotopic (exact) mass is 281 g/mol. The van der Waals surface area contributed by atoms with Crippen molar-refractivity contribution >= 4 is 11.9 Å². The second-order valence-electron chi connectivity index (χ2n) is 6.94. The number of carbonyl (C=O) groups is 2. The van der Waals surface area contributed by atoms with Crippen molar-refractivity contribution in [1.29, 1.82) is 0 Å². The first-order valence-corrected chi connectivity index (χ1v) is 7.98. The molecule has 0 heterocycles. The highest BCUT2D eigenvalue weighted by Crippen LogP contribution is 2.48. The molecular weight excluding hydrogens is 254 g/mol. The Morgan fingerprint density at radius 3 is 2.15 bits per heavy atom. The van der Waals surface area contributed by atoms with Gasteiger partial charge in [-0.15, -0.1) is 0 Å². The van der Waals surface area contributed by atoms with Crippen LogP contribution in [0.15, 0.2) is 0 Å². The highest BCUT2D eigenvalue weighted by atomic mass is 16.4. The number of nitrogens with one attached hydrogen (secondary N) is 1. The van der Waals surface area contributed by atoms with Crippen LogP contribution < -0.4 is 5.32 Å². The van der Waals surface area contributed by atoms with Gasteiger partial charge in [0.15, 0.2) is 0 Å². The van der Waals surface area contributed by atoms with Crippen LogP contribution in [0.4, 0.5) is 0 Å².